The molecule has 0 amide bonds. The molecule has 5 heteroatoms. The first-order chi connectivity index (χ1) is 10.3. The third-order valence-electron chi connectivity index (χ3n) is 3.71. The van der Waals surface area contributed by atoms with E-state index < -0.39 is 0 Å². The summed E-state index contributed by atoms with van der Waals surface area (Å²) in [6.45, 7) is 6.52. The highest BCUT2D eigenvalue weighted by Gasteiger charge is 2.13. The molecule has 0 spiro atoms. The Kier molecular flexibility index (Phi) is 6.73. The summed E-state index contributed by atoms with van der Waals surface area (Å²) < 4.78 is 5.91. The van der Waals surface area contributed by atoms with Crippen LogP contribution in [0, 0.1) is 6.92 Å². The van der Waals surface area contributed by atoms with Crippen molar-refractivity contribution in [2.75, 3.05) is 30.3 Å². The fraction of sp³-hybridized carbons (Fsp3) is 0.750. The quantitative estimate of drug-likeness (QED) is 0.719. The molecule has 1 heterocycles. The van der Waals surface area contributed by atoms with Crippen LogP contribution >= 0.6 is 0 Å². The van der Waals surface area contributed by atoms with Crippen molar-refractivity contribution < 1.29 is 4.74 Å². The lowest BCUT2D eigenvalue weighted by Crippen LogP contribution is -2.20. The van der Waals surface area contributed by atoms with Gasteiger partial charge in [-0.2, -0.15) is 0 Å². The molecule has 0 aliphatic heterocycles. The molecule has 0 bridgehead atoms. The first-order valence-corrected chi connectivity index (χ1v) is 8.23. The maximum atomic E-state index is 5.91. The second-order valence-electron chi connectivity index (χ2n) is 5.67. The monoisotopic (exact) mass is 292 g/mol. The average molecular weight is 292 g/mol. The lowest BCUT2D eigenvalue weighted by Gasteiger charge is -2.22. The van der Waals surface area contributed by atoms with Crippen molar-refractivity contribution in [3.05, 3.63) is 11.9 Å². The number of aryl methyl sites for hydroxylation is 1. The van der Waals surface area contributed by atoms with Crippen LogP contribution in [0.2, 0.25) is 0 Å². The Morgan fingerprint density at radius 2 is 1.76 bits per heavy atom. The van der Waals surface area contributed by atoms with Crippen molar-refractivity contribution in [3.8, 4) is 0 Å². The number of hydrogen-bond acceptors (Lipinski definition) is 5. The van der Waals surface area contributed by atoms with E-state index in [-0.39, 0.29) is 0 Å². The molecule has 1 fully saturated rings. The van der Waals surface area contributed by atoms with Crippen LogP contribution in [0.15, 0.2) is 6.07 Å². The molecule has 0 unspecified atom stereocenters. The van der Waals surface area contributed by atoms with Gasteiger partial charge in [-0.25, -0.2) is 9.97 Å². The second kappa shape index (κ2) is 8.82. The van der Waals surface area contributed by atoms with E-state index in [2.05, 4.69) is 27.5 Å². The molecule has 1 aromatic heterocycles. The van der Waals surface area contributed by atoms with E-state index in [1.807, 2.05) is 13.0 Å². The van der Waals surface area contributed by atoms with Crippen LogP contribution in [0.4, 0.5) is 11.6 Å². The van der Waals surface area contributed by atoms with Crippen LogP contribution in [-0.4, -0.2) is 35.8 Å². The molecule has 0 aromatic carbocycles. The Bertz CT molecular complexity index is 419. The minimum atomic E-state index is 0.467. The van der Waals surface area contributed by atoms with Crippen molar-refractivity contribution >= 4 is 11.6 Å². The molecule has 1 aliphatic rings. The van der Waals surface area contributed by atoms with Crippen molar-refractivity contribution in [3.63, 3.8) is 0 Å². The molecule has 21 heavy (non-hydrogen) atoms. The highest BCUT2D eigenvalue weighted by molar-refractivity contribution is 5.47. The zero-order valence-electron chi connectivity index (χ0n) is 13.3. The minimum Gasteiger partial charge on any atom is -0.376 e. The predicted octanol–water partition coefficient (Wildman–Crippen LogP) is 3.37. The summed E-state index contributed by atoms with van der Waals surface area (Å²) in [4.78, 5) is 8.79. The Labute approximate surface area is 127 Å². The zero-order valence-corrected chi connectivity index (χ0v) is 13.3. The predicted molar refractivity (Wildman–Crippen MR) is 86.9 cm³/mol. The number of ether oxygens (including phenoxy) is 1. The molecular weight excluding hydrogens is 264 g/mol. The third kappa shape index (κ3) is 5.87. The van der Waals surface area contributed by atoms with Gasteiger partial charge in [-0.05, 0) is 26.2 Å². The van der Waals surface area contributed by atoms with Crippen molar-refractivity contribution in [2.45, 2.75) is 58.5 Å². The van der Waals surface area contributed by atoms with Crippen LogP contribution in [0.3, 0.4) is 0 Å². The summed E-state index contributed by atoms with van der Waals surface area (Å²) >= 11 is 0. The molecule has 0 saturated heterocycles. The normalized spacial score (nSPS) is 15.9. The first-order valence-electron chi connectivity index (χ1n) is 8.23. The van der Waals surface area contributed by atoms with Crippen molar-refractivity contribution in [1.29, 1.82) is 0 Å². The van der Waals surface area contributed by atoms with E-state index in [4.69, 9.17) is 4.74 Å². The molecule has 0 atom stereocenters. The fourth-order valence-electron chi connectivity index (χ4n) is 2.64. The number of nitrogens with one attached hydrogen (secondary N) is 2. The number of nitrogens with zero attached hydrogens (tertiary/aromatic N) is 2. The topological polar surface area (TPSA) is 59.1 Å². The maximum absolute atomic E-state index is 5.91. The van der Waals surface area contributed by atoms with Gasteiger partial charge in [0.2, 0.25) is 0 Å². The smallest absolute Gasteiger partial charge is 0.131 e. The summed E-state index contributed by atoms with van der Waals surface area (Å²) in [7, 11) is 0. The summed E-state index contributed by atoms with van der Waals surface area (Å²) in [6.07, 6.45) is 7.99. The van der Waals surface area contributed by atoms with Gasteiger partial charge in [0.1, 0.15) is 17.5 Å². The van der Waals surface area contributed by atoms with Crippen molar-refractivity contribution in [1.82, 2.24) is 9.97 Å². The Morgan fingerprint density at radius 1 is 1.10 bits per heavy atom. The van der Waals surface area contributed by atoms with E-state index in [0.29, 0.717) is 6.10 Å². The summed E-state index contributed by atoms with van der Waals surface area (Å²) in [5, 5.41) is 6.62. The van der Waals surface area contributed by atoms with Gasteiger partial charge in [-0.3, -0.25) is 0 Å². The van der Waals surface area contributed by atoms with Gasteiger partial charge in [-0.1, -0.05) is 26.2 Å². The summed E-state index contributed by atoms with van der Waals surface area (Å²) in [6, 6.07) is 1.96. The second-order valence-corrected chi connectivity index (χ2v) is 5.67. The van der Waals surface area contributed by atoms with E-state index in [1.165, 1.54) is 32.1 Å². The molecule has 1 saturated carbocycles. The van der Waals surface area contributed by atoms with E-state index in [0.717, 1.165) is 43.6 Å². The van der Waals surface area contributed by atoms with Gasteiger partial charge in [0.15, 0.2) is 0 Å². The van der Waals surface area contributed by atoms with Crippen LogP contribution < -0.4 is 10.6 Å². The lowest BCUT2D eigenvalue weighted by molar-refractivity contribution is 0.0347. The van der Waals surface area contributed by atoms with Gasteiger partial charge in [-0.15, -0.1) is 0 Å². The third-order valence-corrected chi connectivity index (χ3v) is 3.71. The Balaban J connectivity index is 1.72. The Hall–Kier alpha value is -1.36. The van der Waals surface area contributed by atoms with Gasteiger partial charge in [0, 0.05) is 19.2 Å². The highest BCUT2D eigenvalue weighted by atomic mass is 16.5. The van der Waals surface area contributed by atoms with Gasteiger partial charge < -0.3 is 15.4 Å². The minimum absolute atomic E-state index is 0.467. The number of rotatable bonds is 8. The van der Waals surface area contributed by atoms with Gasteiger partial charge >= 0.3 is 0 Å². The van der Waals surface area contributed by atoms with Crippen LogP contribution in [0.5, 0.6) is 0 Å². The molecule has 2 N–H and O–H groups in total. The largest absolute Gasteiger partial charge is 0.376 e. The standard InChI is InChI=1S/C16H28N4O/c1-3-9-17-15-12-16(20-13(2)19-15)18-10-11-21-14-7-5-4-6-8-14/h12,14H,3-11H2,1-2H3,(H2,17,18,19,20). The average Bonchev–Trinajstić information content (AvgIpc) is 2.50. The molecule has 5 nitrogen and oxygen atoms in total. The molecule has 1 aromatic rings. The molecule has 118 valence electrons. The SMILES string of the molecule is CCCNc1cc(NCCOC2CCCCC2)nc(C)n1. The van der Waals surface area contributed by atoms with Gasteiger partial charge in [0.05, 0.1) is 12.7 Å². The summed E-state index contributed by atoms with van der Waals surface area (Å²) in [5.74, 6) is 2.54. The first kappa shape index (κ1) is 16.0. The van der Waals surface area contributed by atoms with E-state index >= 15 is 0 Å². The maximum Gasteiger partial charge on any atom is 0.131 e. The van der Waals surface area contributed by atoms with Gasteiger partial charge in [0.25, 0.3) is 0 Å². The van der Waals surface area contributed by atoms with Crippen LogP contribution in [-0.2, 0) is 4.74 Å². The van der Waals surface area contributed by atoms with Crippen LogP contribution in [0.25, 0.3) is 0 Å². The summed E-state index contributed by atoms with van der Waals surface area (Å²) in [5.41, 5.74) is 0. The zero-order chi connectivity index (χ0) is 14.9. The highest BCUT2D eigenvalue weighted by Crippen LogP contribution is 2.20. The van der Waals surface area contributed by atoms with E-state index in [1.54, 1.807) is 0 Å². The number of anilines is 2. The van der Waals surface area contributed by atoms with E-state index in [9.17, 15) is 0 Å². The molecular formula is C16H28N4O. The van der Waals surface area contributed by atoms with Crippen LogP contribution in [0.1, 0.15) is 51.3 Å². The Morgan fingerprint density at radius 3 is 2.43 bits per heavy atom. The molecule has 2 rings (SSSR count). The fourth-order valence-corrected chi connectivity index (χ4v) is 2.64. The number of hydrogen-bond donors (Lipinski definition) is 2. The molecule has 0 radical (unpaired) electrons. The molecule has 1 aliphatic carbocycles. The number of aromatic nitrogens is 2. The lowest BCUT2D eigenvalue weighted by atomic mass is 9.98. The van der Waals surface area contributed by atoms with Crippen molar-refractivity contribution in [2.24, 2.45) is 0 Å².